The maximum atomic E-state index is 13.6. The smallest absolute Gasteiger partial charge is 0.413 e. The van der Waals surface area contributed by atoms with Crippen molar-refractivity contribution in [1.29, 1.82) is 0 Å². The molecule has 1 heterocycles. The molecule has 128 valence electrons. The molecule has 0 spiro atoms. The number of nitrogens with one attached hydrogen (secondary N) is 1. The molecule has 1 N–H and O–H groups in total. The second-order valence-corrected chi connectivity index (χ2v) is 6.54. The summed E-state index contributed by atoms with van der Waals surface area (Å²) in [6, 6.07) is 5.91. The van der Waals surface area contributed by atoms with Crippen LogP contribution in [-0.4, -0.2) is 16.7 Å². The summed E-state index contributed by atoms with van der Waals surface area (Å²) < 4.78 is 37.2. The minimum atomic E-state index is -0.835. The van der Waals surface area contributed by atoms with Gasteiger partial charge in [-0.1, -0.05) is 0 Å². The van der Waals surface area contributed by atoms with Gasteiger partial charge in [0.1, 0.15) is 17.2 Å². The molecule has 0 aliphatic heterocycles. The van der Waals surface area contributed by atoms with Crippen molar-refractivity contribution >= 4 is 27.8 Å². The highest BCUT2D eigenvalue weighted by Gasteiger charge is 2.17. The third-order valence-corrected chi connectivity index (χ3v) is 3.13. The van der Waals surface area contributed by atoms with Gasteiger partial charge in [0, 0.05) is 6.07 Å². The molecule has 0 aliphatic rings. The third kappa shape index (κ3) is 5.16. The van der Waals surface area contributed by atoms with Crippen molar-refractivity contribution in [2.45, 2.75) is 26.4 Å². The van der Waals surface area contributed by atoms with E-state index in [1.54, 1.807) is 20.8 Å². The molecule has 2 rings (SSSR count). The number of aromatic nitrogens is 1. The Kier molecular flexibility index (Phi) is 5.38. The van der Waals surface area contributed by atoms with Gasteiger partial charge in [0.2, 0.25) is 0 Å². The van der Waals surface area contributed by atoms with Crippen molar-refractivity contribution < 1.29 is 23.0 Å². The van der Waals surface area contributed by atoms with Crippen LogP contribution in [0.4, 0.5) is 19.4 Å². The zero-order valence-electron chi connectivity index (χ0n) is 13.2. The first kappa shape index (κ1) is 18.1. The Bertz CT molecular complexity index is 763. The number of rotatable bonds is 3. The fourth-order valence-electron chi connectivity index (χ4n) is 1.65. The molecule has 24 heavy (non-hydrogen) atoms. The van der Waals surface area contributed by atoms with Gasteiger partial charge in [-0.15, -0.1) is 0 Å². The van der Waals surface area contributed by atoms with E-state index >= 15 is 0 Å². The summed E-state index contributed by atoms with van der Waals surface area (Å²) >= 11 is 3.17. The third-order valence-electron chi connectivity index (χ3n) is 2.56. The number of hydrogen-bond donors (Lipinski definition) is 1. The molecular formula is C16H15BrF2N2O3. The van der Waals surface area contributed by atoms with Crippen LogP contribution in [0.15, 0.2) is 34.9 Å². The fourth-order valence-corrected chi connectivity index (χ4v) is 2.06. The molecule has 1 aromatic heterocycles. The van der Waals surface area contributed by atoms with Crippen molar-refractivity contribution in [3.8, 4) is 11.5 Å². The van der Waals surface area contributed by atoms with Gasteiger partial charge in [-0.05, 0) is 61.0 Å². The molecule has 0 saturated carbocycles. The molecule has 2 aromatic rings. The van der Waals surface area contributed by atoms with Gasteiger partial charge in [-0.3, -0.25) is 5.32 Å². The molecule has 1 amide bonds. The van der Waals surface area contributed by atoms with E-state index in [-0.39, 0.29) is 21.9 Å². The first-order valence-corrected chi connectivity index (χ1v) is 7.73. The topological polar surface area (TPSA) is 60.5 Å². The molecule has 0 aliphatic carbocycles. The van der Waals surface area contributed by atoms with E-state index in [9.17, 15) is 13.6 Å². The van der Waals surface area contributed by atoms with Gasteiger partial charge in [-0.25, -0.2) is 18.6 Å². The zero-order valence-corrected chi connectivity index (χ0v) is 14.8. The lowest BCUT2D eigenvalue weighted by Gasteiger charge is -2.19. The quantitative estimate of drug-likeness (QED) is 0.713. The van der Waals surface area contributed by atoms with Crippen LogP contribution in [0.3, 0.4) is 0 Å². The summed E-state index contributed by atoms with van der Waals surface area (Å²) in [7, 11) is 0. The first-order chi connectivity index (χ1) is 11.1. The van der Waals surface area contributed by atoms with Crippen LogP contribution >= 0.6 is 15.9 Å². The molecule has 0 radical (unpaired) electrons. The van der Waals surface area contributed by atoms with Crippen LogP contribution in [-0.2, 0) is 4.74 Å². The van der Waals surface area contributed by atoms with Gasteiger partial charge in [0.25, 0.3) is 0 Å². The SMILES string of the molecule is CC(C)(C)OC(=O)Nc1ccc(Oc2ccc(F)cc2F)c(Br)n1. The number of benzene rings is 1. The number of ether oxygens (including phenoxy) is 2. The number of anilines is 1. The highest BCUT2D eigenvalue weighted by molar-refractivity contribution is 9.10. The predicted molar refractivity (Wildman–Crippen MR) is 88.2 cm³/mol. The van der Waals surface area contributed by atoms with Crippen molar-refractivity contribution in [2.24, 2.45) is 0 Å². The number of nitrogens with zero attached hydrogens (tertiary/aromatic N) is 1. The second kappa shape index (κ2) is 7.12. The Labute approximate surface area is 146 Å². The van der Waals surface area contributed by atoms with Crippen LogP contribution < -0.4 is 10.1 Å². The Morgan fingerprint density at radius 3 is 2.42 bits per heavy atom. The van der Waals surface area contributed by atoms with E-state index in [2.05, 4.69) is 26.2 Å². The van der Waals surface area contributed by atoms with Crippen LogP contribution in [0, 0.1) is 11.6 Å². The highest BCUT2D eigenvalue weighted by Crippen LogP contribution is 2.31. The van der Waals surface area contributed by atoms with Gasteiger partial charge >= 0.3 is 6.09 Å². The largest absolute Gasteiger partial charge is 0.451 e. The molecular weight excluding hydrogens is 386 g/mol. The Hall–Kier alpha value is -2.22. The summed E-state index contributed by atoms with van der Waals surface area (Å²) in [5, 5.41) is 2.47. The standard InChI is InChI=1S/C16H15BrF2N2O3/c1-16(2,3)24-15(22)21-13-7-6-12(14(17)20-13)23-11-5-4-9(18)8-10(11)19/h4-8H,1-3H3,(H,20,21,22). The molecule has 8 heteroatoms. The number of carbonyl (C=O) groups is 1. The van der Waals surface area contributed by atoms with Gasteiger partial charge in [0.05, 0.1) is 0 Å². The number of halogens is 3. The van der Waals surface area contributed by atoms with Gasteiger partial charge in [0.15, 0.2) is 21.9 Å². The van der Waals surface area contributed by atoms with Crippen LogP contribution in [0.5, 0.6) is 11.5 Å². The summed E-state index contributed by atoms with van der Waals surface area (Å²) in [4.78, 5) is 15.8. The van der Waals surface area contributed by atoms with Crippen LogP contribution in [0.2, 0.25) is 0 Å². The summed E-state index contributed by atoms with van der Waals surface area (Å²) in [6.45, 7) is 5.22. The van der Waals surface area contributed by atoms with Gasteiger partial charge < -0.3 is 9.47 Å². The lowest BCUT2D eigenvalue weighted by molar-refractivity contribution is 0.0635. The van der Waals surface area contributed by atoms with Crippen LogP contribution in [0.25, 0.3) is 0 Å². The maximum absolute atomic E-state index is 13.6. The number of amides is 1. The molecule has 0 fully saturated rings. The molecule has 5 nitrogen and oxygen atoms in total. The summed E-state index contributed by atoms with van der Waals surface area (Å²) in [5.74, 6) is -1.25. The Balaban J connectivity index is 2.11. The fraction of sp³-hybridized carbons (Fsp3) is 0.250. The number of pyridine rings is 1. The maximum Gasteiger partial charge on any atom is 0.413 e. The lowest BCUT2D eigenvalue weighted by Crippen LogP contribution is -2.27. The first-order valence-electron chi connectivity index (χ1n) is 6.93. The van der Waals surface area contributed by atoms with E-state index < -0.39 is 23.3 Å². The normalized spacial score (nSPS) is 11.1. The van der Waals surface area contributed by atoms with Gasteiger partial charge in [-0.2, -0.15) is 0 Å². The van der Waals surface area contributed by atoms with E-state index in [1.165, 1.54) is 18.2 Å². The van der Waals surface area contributed by atoms with Crippen molar-refractivity contribution in [1.82, 2.24) is 4.98 Å². The summed E-state index contributed by atoms with van der Waals surface area (Å²) in [6.07, 6.45) is -0.653. The minimum absolute atomic E-state index is 0.147. The molecule has 0 atom stereocenters. The van der Waals surface area contributed by atoms with E-state index in [1.807, 2.05) is 0 Å². The average Bonchev–Trinajstić information content (AvgIpc) is 2.42. The average molecular weight is 401 g/mol. The predicted octanol–water partition coefficient (Wildman–Crippen LogP) is 5.26. The minimum Gasteiger partial charge on any atom is -0.451 e. The highest BCUT2D eigenvalue weighted by atomic mass is 79.9. The second-order valence-electron chi connectivity index (χ2n) is 5.79. The molecule has 1 aromatic carbocycles. The lowest BCUT2D eigenvalue weighted by atomic mass is 10.2. The van der Waals surface area contributed by atoms with E-state index in [4.69, 9.17) is 9.47 Å². The Morgan fingerprint density at radius 2 is 1.83 bits per heavy atom. The number of hydrogen-bond acceptors (Lipinski definition) is 4. The Morgan fingerprint density at radius 1 is 1.17 bits per heavy atom. The number of carbonyl (C=O) groups excluding carboxylic acids is 1. The molecule has 0 unspecified atom stereocenters. The zero-order chi connectivity index (χ0) is 17.9. The van der Waals surface area contributed by atoms with E-state index in [0.29, 0.717) is 0 Å². The molecule has 0 bridgehead atoms. The van der Waals surface area contributed by atoms with E-state index in [0.717, 1.165) is 12.1 Å². The van der Waals surface area contributed by atoms with Crippen molar-refractivity contribution in [3.05, 3.63) is 46.6 Å². The summed E-state index contributed by atoms with van der Waals surface area (Å²) in [5.41, 5.74) is -0.634. The van der Waals surface area contributed by atoms with Crippen molar-refractivity contribution in [3.63, 3.8) is 0 Å². The van der Waals surface area contributed by atoms with Crippen LogP contribution in [0.1, 0.15) is 20.8 Å². The molecule has 0 saturated heterocycles. The van der Waals surface area contributed by atoms with Crippen molar-refractivity contribution in [2.75, 3.05) is 5.32 Å². The monoisotopic (exact) mass is 400 g/mol.